The lowest BCUT2D eigenvalue weighted by Crippen LogP contribution is -2.51. The van der Waals surface area contributed by atoms with E-state index in [9.17, 15) is 19.5 Å². The van der Waals surface area contributed by atoms with Gasteiger partial charge in [0.15, 0.2) is 0 Å². The molecule has 0 aliphatic heterocycles. The number of rotatable bonds is 6. The fourth-order valence-corrected chi connectivity index (χ4v) is 6.02. The highest BCUT2D eigenvalue weighted by Gasteiger charge is 2.65. The van der Waals surface area contributed by atoms with Crippen LogP contribution in [-0.2, 0) is 14.3 Å². The molecule has 35 heavy (non-hydrogen) atoms. The Morgan fingerprint density at radius 3 is 2.20 bits per heavy atom. The van der Waals surface area contributed by atoms with Crippen LogP contribution in [0.3, 0.4) is 0 Å². The number of aliphatic carboxylic acids is 1. The summed E-state index contributed by atoms with van der Waals surface area (Å²) >= 11 is 0. The molecule has 7 heteroatoms. The van der Waals surface area contributed by atoms with E-state index >= 15 is 0 Å². The maximum atomic E-state index is 13.0. The molecule has 0 spiro atoms. The van der Waals surface area contributed by atoms with Crippen molar-refractivity contribution in [1.82, 2.24) is 10.6 Å². The van der Waals surface area contributed by atoms with E-state index < -0.39 is 28.9 Å². The molecule has 3 aliphatic carbocycles. The Bertz CT molecular complexity index is 1140. The Labute approximate surface area is 205 Å². The Balaban J connectivity index is 1.18. The van der Waals surface area contributed by atoms with Crippen molar-refractivity contribution >= 4 is 18.0 Å². The maximum absolute atomic E-state index is 13.0. The quantitative estimate of drug-likeness (QED) is 0.576. The fraction of sp³-hybridized carbons (Fsp3) is 0.464. The summed E-state index contributed by atoms with van der Waals surface area (Å²) < 4.78 is 5.66. The van der Waals surface area contributed by atoms with E-state index in [1.54, 1.807) is 20.8 Å². The third-order valence-corrected chi connectivity index (χ3v) is 7.92. The second kappa shape index (κ2) is 8.40. The molecule has 0 aromatic heterocycles. The number of carbonyl (C=O) groups excluding carboxylic acids is 2. The number of benzene rings is 2. The average Bonchev–Trinajstić information content (AvgIpc) is 3.23. The van der Waals surface area contributed by atoms with Gasteiger partial charge in [-0.3, -0.25) is 4.79 Å². The van der Waals surface area contributed by atoms with Gasteiger partial charge in [-0.25, -0.2) is 9.59 Å². The third-order valence-electron chi connectivity index (χ3n) is 7.92. The van der Waals surface area contributed by atoms with Gasteiger partial charge in [-0.05, 0) is 52.8 Å². The zero-order valence-electron chi connectivity index (χ0n) is 20.3. The van der Waals surface area contributed by atoms with Gasteiger partial charge >= 0.3 is 12.1 Å². The zero-order valence-corrected chi connectivity index (χ0v) is 20.3. The Kier molecular flexibility index (Phi) is 5.61. The van der Waals surface area contributed by atoms with Gasteiger partial charge in [0.05, 0.1) is 5.41 Å². The van der Waals surface area contributed by atoms with E-state index in [1.807, 2.05) is 24.3 Å². The van der Waals surface area contributed by atoms with Gasteiger partial charge in [0.2, 0.25) is 5.91 Å². The van der Waals surface area contributed by atoms with Crippen LogP contribution >= 0.6 is 0 Å². The van der Waals surface area contributed by atoms with Crippen LogP contribution in [0.5, 0.6) is 0 Å². The molecule has 5 rings (SSSR count). The zero-order chi connectivity index (χ0) is 25.0. The molecular formula is C28H32N2O5. The maximum Gasteiger partial charge on any atom is 0.407 e. The first-order chi connectivity index (χ1) is 16.6. The number of carbonyl (C=O) groups is 3. The number of hydrogen-bond acceptors (Lipinski definition) is 4. The lowest BCUT2D eigenvalue weighted by Gasteiger charge is -2.29. The minimum Gasteiger partial charge on any atom is -0.480 e. The number of nitrogens with one attached hydrogen (secondary N) is 2. The lowest BCUT2D eigenvalue weighted by atomic mass is 9.86. The smallest absolute Gasteiger partial charge is 0.407 e. The molecular weight excluding hydrogens is 444 g/mol. The number of amides is 2. The van der Waals surface area contributed by atoms with E-state index in [4.69, 9.17) is 4.74 Å². The van der Waals surface area contributed by atoms with Crippen LogP contribution in [0.1, 0.15) is 57.1 Å². The molecule has 0 unspecified atom stereocenters. The van der Waals surface area contributed by atoms with Crippen molar-refractivity contribution < 1.29 is 24.2 Å². The number of carboxylic acid groups (broad SMARTS) is 1. The molecule has 2 aromatic rings. The predicted octanol–water partition coefficient (Wildman–Crippen LogP) is 4.31. The normalized spacial score (nSPS) is 25.1. The first-order valence-corrected chi connectivity index (χ1v) is 12.3. The number of alkyl carbamates (subject to hydrolysis) is 1. The van der Waals surface area contributed by atoms with Crippen molar-refractivity contribution in [1.29, 1.82) is 0 Å². The van der Waals surface area contributed by atoms with Gasteiger partial charge in [0.1, 0.15) is 12.6 Å². The Morgan fingerprint density at radius 1 is 1.03 bits per heavy atom. The number of hydrogen-bond donors (Lipinski definition) is 3. The number of ether oxygens (including phenoxy) is 1. The number of fused-ring (bicyclic) bond motifs is 4. The van der Waals surface area contributed by atoms with Crippen molar-refractivity contribution in [3.63, 3.8) is 0 Å². The third kappa shape index (κ3) is 4.17. The summed E-state index contributed by atoms with van der Waals surface area (Å²) in [6, 6.07) is 15.3. The van der Waals surface area contributed by atoms with Crippen LogP contribution in [0, 0.1) is 16.7 Å². The highest BCUT2D eigenvalue weighted by Crippen LogP contribution is 2.63. The van der Waals surface area contributed by atoms with Crippen LogP contribution < -0.4 is 10.6 Å². The summed E-state index contributed by atoms with van der Waals surface area (Å²) in [5.41, 5.74) is 3.49. The first kappa shape index (κ1) is 23.4. The molecule has 2 aromatic carbocycles. The van der Waals surface area contributed by atoms with Crippen LogP contribution in [0.15, 0.2) is 48.5 Å². The standard InChI is InChI=1S/C28H32N2O5/c1-27(2,3)23(24(31)32)30-25(33)28-13-16(28)12-17(14-28)29-26(34)35-15-22-20-10-6-4-8-18(20)19-9-5-7-11-21(19)22/h4-11,16-17,22-23H,12-15H2,1-3H3,(H,29,34)(H,30,33)(H,31,32)/t16-,17+,23-,28+/m0/s1. The molecule has 2 amide bonds. The Morgan fingerprint density at radius 2 is 1.63 bits per heavy atom. The molecule has 7 nitrogen and oxygen atoms in total. The Hall–Kier alpha value is -3.35. The molecule has 3 aliphatic rings. The van der Waals surface area contributed by atoms with Crippen molar-refractivity contribution in [2.24, 2.45) is 16.7 Å². The summed E-state index contributed by atoms with van der Waals surface area (Å²) in [5, 5.41) is 15.2. The molecule has 0 heterocycles. The van der Waals surface area contributed by atoms with Crippen LogP contribution in [0.25, 0.3) is 11.1 Å². The SMILES string of the molecule is CC(C)(C)[C@@H](NC(=O)[C@]12C[C@H](NC(=O)OCC3c4ccccc4-c4ccccc43)C[C@H]1C2)C(=O)O. The second-order valence-corrected chi connectivity index (χ2v) is 11.3. The van der Waals surface area contributed by atoms with Crippen molar-refractivity contribution in [3.05, 3.63) is 59.7 Å². The predicted molar refractivity (Wildman–Crippen MR) is 131 cm³/mol. The van der Waals surface area contributed by atoms with Gasteiger partial charge in [0.25, 0.3) is 0 Å². The number of carboxylic acids is 1. The van der Waals surface area contributed by atoms with Crippen molar-refractivity contribution in [3.8, 4) is 11.1 Å². The van der Waals surface area contributed by atoms with Gasteiger partial charge in [-0.15, -0.1) is 0 Å². The van der Waals surface area contributed by atoms with Gasteiger partial charge in [0, 0.05) is 12.0 Å². The summed E-state index contributed by atoms with van der Waals surface area (Å²) in [7, 11) is 0. The monoisotopic (exact) mass is 476 g/mol. The molecule has 0 radical (unpaired) electrons. The second-order valence-electron chi connectivity index (χ2n) is 11.3. The van der Waals surface area contributed by atoms with E-state index in [0.29, 0.717) is 12.8 Å². The molecule has 2 saturated carbocycles. The highest BCUT2D eigenvalue weighted by atomic mass is 16.5. The largest absolute Gasteiger partial charge is 0.480 e. The van der Waals surface area contributed by atoms with E-state index in [0.717, 1.165) is 17.5 Å². The average molecular weight is 477 g/mol. The van der Waals surface area contributed by atoms with E-state index in [1.165, 1.54) is 11.1 Å². The molecule has 0 saturated heterocycles. The summed E-state index contributed by atoms with van der Waals surface area (Å²) in [6.07, 6.45) is 1.46. The molecule has 2 fully saturated rings. The minimum absolute atomic E-state index is 0.00685. The van der Waals surface area contributed by atoms with Gasteiger partial charge < -0.3 is 20.5 Å². The van der Waals surface area contributed by atoms with Crippen LogP contribution in [-0.4, -0.2) is 41.8 Å². The van der Waals surface area contributed by atoms with Gasteiger partial charge in [-0.2, -0.15) is 0 Å². The molecule has 3 N–H and O–H groups in total. The minimum atomic E-state index is -1.04. The lowest BCUT2D eigenvalue weighted by molar-refractivity contribution is -0.146. The van der Waals surface area contributed by atoms with Crippen molar-refractivity contribution in [2.45, 2.75) is 58.0 Å². The van der Waals surface area contributed by atoms with Crippen LogP contribution in [0.2, 0.25) is 0 Å². The topological polar surface area (TPSA) is 105 Å². The van der Waals surface area contributed by atoms with E-state index in [2.05, 4.69) is 34.9 Å². The summed E-state index contributed by atoms with van der Waals surface area (Å²) in [6.45, 7) is 5.63. The fourth-order valence-electron chi connectivity index (χ4n) is 6.02. The van der Waals surface area contributed by atoms with Crippen LogP contribution in [0.4, 0.5) is 4.79 Å². The summed E-state index contributed by atoms with van der Waals surface area (Å²) in [4.78, 5) is 37.3. The van der Waals surface area contributed by atoms with Gasteiger partial charge in [-0.1, -0.05) is 69.3 Å². The first-order valence-electron chi connectivity index (χ1n) is 12.3. The molecule has 184 valence electrons. The molecule has 0 bridgehead atoms. The van der Waals surface area contributed by atoms with E-state index in [-0.39, 0.29) is 30.4 Å². The molecule has 4 atom stereocenters. The summed E-state index contributed by atoms with van der Waals surface area (Å²) in [5.74, 6) is -1.10. The van der Waals surface area contributed by atoms with Crippen molar-refractivity contribution in [2.75, 3.05) is 6.61 Å². The highest BCUT2D eigenvalue weighted by molar-refractivity contribution is 5.90.